The smallest absolute Gasteiger partial charge is 0.244 e. The fourth-order valence-electron chi connectivity index (χ4n) is 3.70. The lowest BCUT2D eigenvalue weighted by atomic mass is 9.97. The second kappa shape index (κ2) is 11.2. The highest BCUT2D eigenvalue weighted by Crippen LogP contribution is 2.31. The average Bonchev–Trinajstić information content (AvgIpc) is 2.85. The van der Waals surface area contributed by atoms with Gasteiger partial charge in [-0.3, -0.25) is 4.79 Å². The Labute approximate surface area is 195 Å². The van der Waals surface area contributed by atoms with E-state index >= 15 is 0 Å². The number of carbonyl (C=O) groups excluding carboxylic acids is 1. The van der Waals surface area contributed by atoms with Crippen molar-refractivity contribution in [2.24, 2.45) is 5.92 Å². The Morgan fingerprint density at radius 2 is 1.94 bits per heavy atom. The molecule has 0 saturated carbocycles. The van der Waals surface area contributed by atoms with Crippen molar-refractivity contribution in [3.63, 3.8) is 0 Å². The summed E-state index contributed by atoms with van der Waals surface area (Å²) in [6, 6.07) is 13.4. The van der Waals surface area contributed by atoms with Gasteiger partial charge in [-0.15, -0.1) is 0 Å². The predicted molar refractivity (Wildman–Crippen MR) is 125 cm³/mol. The summed E-state index contributed by atoms with van der Waals surface area (Å²) < 4.78 is 38.5. The molecule has 0 aromatic heterocycles. The predicted octanol–water partition coefficient (Wildman–Crippen LogP) is 3.79. The van der Waals surface area contributed by atoms with E-state index in [1.807, 2.05) is 6.07 Å². The summed E-state index contributed by atoms with van der Waals surface area (Å²) in [5, 5.41) is 12.2. The maximum absolute atomic E-state index is 13.0. The van der Waals surface area contributed by atoms with Crippen LogP contribution in [0.5, 0.6) is 11.5 Å². The number of carbonyl (C=O) groups is 1. The van der Waals surface area contributed by atoms with Crippen LogP contribution in [0.1, 0.15) is 38.2 Å². The monoisotopic (exact) mass is 471 g/mol. The molecule has 1 aliphatic rings. The number of rotatable bonds is 9. The lowest BCUT2D eigenvalue weighted by molar-refractivity contribution is -0.120. The van der Waals surface area contributed by atoms with Gasteiger partial charge in [-0.2, -0.15) is 9.57 Å². The van der Waals surface area contributed by atoms with E-state index in [1.165, 1.54) is 16.4 Å². The largest absolute Gasteiger partial charge is 0.497 e. The fraction of sp³-hybridized carbons (Fsp3) is 0.417. The van der Waals surface area contributed by atoms with Crippen LogP contribution in [0.15, 0.2) is 47.4 Å². The number of hydrogen-bond acceptors (Lipinski definition) is 6. The van der Waals surface area contributed by atoms with E-state index in [0.717, 1.165) is 12.8 Å². The van der Waals surface area contributed by atoms with Crippen molar-refractivity contribution in [3.05, 3.63) is 48.0 Å². The number of ether oxygens (including phenoxy) is 2. The van der Waals surface area contributed by atoms with Crippen LogP contribution >= 0.6 is 0 Å². The van der Waals surface area contributed by atoms with Gasteiger partial charge in [0.15, 0.2) is 0 Å². The molecule has 0 aliphatic carbocycles. The maximum Gasteiger partial charge on any atom is 0.244 e. The van der Waals surface area contributed by atoms with E-state index in [2.05, 4.69) is 12.2 Å². The SMILES string of the molecule is CCCCOc1ccc(OC)cc1NC(=O)C1CCN(S(=O)(=O)c2ccccc2C#N)CC1. The van der Waals surface area contributed by atoms with Crippen LogP contribution in [0.25, 0.3) is 0 Å². The van der Waals surface area contributed by atoms with Gasteiger partial charge in [0.2, 0.25) is 15.9 Å². The summed E-state index contributed by atoms with van der Waals surface area (Å²) >= 11 is 0. The minimum Gasteiger partial charge on any atom is -0.497 e. The highest BCUT2D eigenvalue weighted by atomic mass is 32.2. The number of amides is 1. The average molecular weight is 472 g/mol. The summed E-state index contributed by atoms with van der Waals surface area (Å²) in [6.45, 7) is 3.04. The van der Waals surface area contributed by atoms with E-state index in [4.69, 9.17) is 9.47 Å². The Bertz CT molecular complexity index is 1120. The molecular formula is C24H29N3O5S. The number of piperidine rings is 1. The van der Waals surface area contributed by atoms with Crippen molar-refractivity contribution in [2.45, 2.75) is 37.5 Å². The molecule has 176 valence electrons. The van der Waals surface area contributed by atoms with Gasteiger partial charge in [-0.25, -0.2) is 8.42 Å². The standard InChI is InChI=1S/C24H29N3O5S/c1-3-4-15-32-22-10-9-20(31-2)16-21(22)26-24(28)18-11-13-27(14-12-18)33(29,30)23-8-6-5-7-19(23)17-25/h5-10,16,18H,3-4,11-15H2,1-2H3,(H,26,28). The van der Waals surface area contributed by atoms with E-state index < -0.39 is 10.0 Å². The minimum atomic E-state index is -3.80. The van der Waals surface area contributed by atoms with Gasteiger partial charge < -0.3 is 14.8 Å². The first-order valence-electron chi connectivity index (χ1n) is 11.0. The van der Waals surface area contributed by atoms with Crippen LogP contribution < -0.4 is 14.8 Å². The van der Waals surface area contributed by atoms with Crippen LogP contribution in [0.2, 0.25) is 0 Å². The highest BCUT2D eigenvalue weighted by molar-refractivity contribution is 7.89. The molecule has 0 atom stereocenters. The normalized spacial score (nSPS) is 14.9. The number of benzene rings is 2. The molecule has 1 saturated heterocycles. The first kappa shape index (κ1) is 24.6. The van der Waals surface area contributed by atoms with Gasteiger partial charge in [-0.1, -0.05) is 25.5 Å². The number of hydrogen-bond donors (Lipinski definition) is 1. The molecule has 0 unspecified atom stereocenters. The van der Waals surface area contributed by atoms with Gasteiger partial charge in [0.1, 0.15) is 17.6 Å². The quantitative estimate of drug-likeness (QED) is 0.558. The molecule has 0 bridgehead atoms. The first-order chi connectivity index (χ1) is 15.9. The molecule has 1 amide bonds. The van der Waals surface area contributed by atoms with E-state index in [0.29, 0.717) is 36.6 Å². The molecule has 33 heavy (non-hydrogen) atoms. The van der Waals surface area contributed by atoms with Crippen molar-refractivity contribution >= 4 is 21.6 Å². The summed E-state index contributed by atoms with van der Waals surface area (Å²) in [7, 11) is -2.24. The second-order valence-corrected chi connectivity index (χ2v) is 9.75. The molecule has 2 aromatic rings. The number of nitriles is 1. The van der Waals surface area contributed by atoms with Crippen LogP contribution in [0.4, 0.5) is 5.69 Å². The lowest BCUT2D eigenvalue weighted by Gasteiger charge is -2.30. The topological polar surface area (TPSA) is 109 Å². The lowest BCUT2D eigenvalue weighted by Crippen LogP contribution is -2.41. The van der Waals surface area contributed by atoms with Gasteiger partial charge >= 0.3 is 0 Å². The molecule has 2 aromatic carbocycles. The Morgan fingerprint density at radius 1 is 1.21 bits per heavy atom. The molecule has 1 aliphatic heterocycles. The number of sulfonamides is 1. The van der Waals surface area contributed by atoms with Crippen molar-refractivity contribution in [2.75, 3.05) is 32.1 Å². The van der Waals surface area contributed by atoms with Gasteiger partial charge in [0.05, 0.1) is 29.9 Å². The molecule has 1 fully saturated rings. The first-order valence-corrected chi connectivity index (χ1v) is 12.5. The van der Waals surface area contributed by atoms with Gasteiger partial charge in [-0.05, 0) is 43.5 Å². The van der Waals surface area contributed by atoms with Crippen LogP contribution in [-0.4, -0.2) is 45.4 Å². The Balaban J connectivity index is 1.67. The Hall–Kier alpha value is -3.09. The number of nitrogens with one attached hydrogen (secondary N) is 1. The van der Waals surface area contributed by atoms with Crippen molar-refractivity contribution < 1.29 is 22.7 Å². The third-order valence-electron chi connectivity index (χ3n) is 5.65. The Morgan fingerprint density at radius 3 is 2.61 bits per heavy atom. The zero-order valence-corrected chi connectivity index (χ0v) is 19.7. The van der Waals surface area contributed by atoms with Crippen LogP contribution in [0, 0.1) is 17.2 Å². The molecular weight excluding hydrogens is 442 g/mol. The van der Waals surface area contributed by atoms with E-state index in [-0.39, 0.29) is 35.4 Å². The molecule has 1 heterocycles. The maximum atomic E-state index is 13.0. The van der Waals surface area contributed by atoms with Crippen molar-refractivity contribution in [1.82, 2.24) is 4.31 Å². The van der Waals surface area contributed by atoms with Crippen LogP contribution in [-0.2, 0) is 14.8 Å². The molecule has 8 nitrogen and oxygen atoms in total. The second-order valence-electron chi connectivity index (χ2n) is 7.84. The van der Waals surface area contributed by atoms with Crippen LogP contribution in [0.3, 0.4) is 0 Å². The molecule has 9 heteroatoms. The zero-order chi connectivity index (χ0) is 23.8. The van der Waals surface area contributed by atoms with Crippen molar-refractivity contribution in [3.8, 4) is 17.6 Å². The number of anilines is 1. The van der Waals surface area contributed by atoms with Gasteiger partial charge in [0, 0.05) is 25.1 Å². The minimum absolute atomic E-state index is 0.000604. The summed E-state index contributed by atoms with van der Waals surface area (Å²) in [6.07, 6.45) is 2.67. The van der Waals surface area contributed by atoms with E-state index in [9.17, 15) is 18.5 Å². The van der Waals surface area contributed by atoms with Crippen molar-refractivity contribution in [1.29, 1.82) is 5.26 Å². The molecule has 3 rings (SSSR count). The third kappa shape index (κ3) is 5.83. The van der Waals surface area contributed by atoms with Gasteiger partial charge in [0.25, 0.3) is 0 Å². The molecule has 0 spiro atoms. The fourth-order valence-corrected chi connectivity index (χ4v) is 5.31. The number of methoxy groups -OCH3 is 1. The summed E-state index contributed by atoms with van der Waals surface area (Å²) in [4.78, 5) is 13.0. The Kier molecular flexibility index (Phi) is 8.31. The third-order valence-corrected chi connectivity index (χ3v) is 7.61. The summed E-state index contributed by atoms with van der Waals surface area (Å²) in [5.41, 5.74) is 0.652. The number of nitrogens with zero attached hydrogens (tertiary/aromatic N) is 2. The number of unbranched alkanes of at least 4 members (excludes halogenated alkanes) is 1. The summed E-state index contributed by atoms with van der Waals surface area (Å²) in [5.74, 6) is 0.659. The van der Waals surface area contributed by atoms with E-state index in [1.54, 1.807) is 37.4 Å². The zero-order valence-electron chi connectivity index (χ0n) is 18.9. The molecule has 0 radical (unpaired) electrons. The highest BCUT2D eigenvalue weighted by Gasteiger charge is 2.33. The molecule has 1 N–H and O–H groups in total.